The predicted molar refractivity (Wildman–Crippen MR) is 83.8 cm³/mol. The number of aliphatic hydroxyl groups is 1. The van der Waals surface area contributed by atoms with Crippen LogP contribution in [0.2, 0.25) is 0 Å². The van der Waals surface area contributed by atoms with Gasteiger partial charge in [-0.1, -0.05) is 43.0 Å². The Kier molecular flexibility index (Phi) is 4.43. The number of aliphatic carboxylic acids is 1. The number of benzene rings is 1. The molecule has 1 aromatic rings. The lowest BCUT2D eigenvalue weighted by molar-refractivity contribution is -0.138. The number of aliphatic hydroxyl groups excluding tert-OH is 1. The molecule has 2 N–H and O–H groups in total. The molecule has 0 aliphatic heterocycles. The van der Waals surface area contributed by atoms with Gasteiger partial charge in [0.1, 0.15) is 6.10 Å². The summed E-state index contributed by atoms with van der Waals surface area (Å²) >= 11 is 0. The monoisotopic (exact) mass is 298 g/mol. The van der Waals surface area contributed by atoms with Crippen molar-refractivity contribution in [1.29, 1.82) is 0 Å². The predicted octanol–water partition coefficient (Wildman–Crippen LogP) is 3.16. The van der Waals surface area contributed by atoms with E-state index < -0.39 is 18.0 Å². The van der Waals surface area contributed by atoms with Crippen LogP contribution in [0.3, 0.4) is 0 Å². The van der Waals surface area contributed by atoms with Gasteiger partial charge < -0.3 is 10.2 Å². The average molecular weight is 298 g/mol. The molecule has 0 saturated carbocycles. The summed E-state index contributed by atoms with van der Waals surface area (Å²) in [6, 6.07) is 4.81. The van der Waals surface area contributed by atoms with E-state index in [2.05, 4.69) is 6.58 Å². The molecule has 4 heteroatoms. The van der Waals surface area contributed by atoms with E-state index in [0.29, 0.717) is 27.8 Å². The second-order valence-corrected chi connectivity index (χ2v) is 5.20. The van der Waals surface area contributed by atoms with Crippen molar-refractivity contribution in [1.82, 2.24) is 0 Å². The highest BCUT2D eigenvalue weighted by Gasteiger charge is 2.32. The molecule has 4 nitrogen and oxygen atoms in total. The van der Waals surface area contributed by atoms with Crippen molar-refractivity contribution in [2.45, 2.75) is 25.9 Å². The minimum atomic E-state index is -0.974. The molecule has 1 aliphatic rings. The number of fused-ring (bicyclic) bond motifs is 1. The number of rotatable bonds is 3. The van der Waals surface area contributed by atoms with Crippen LogP contribution in [-0.4, -0.2) is 22.0 Å². The SMILES string of the molecule is C=CC=C1/C(=C\C)C(=O)c2ccc(C(C)C(=O)O)cc2C1O. The Morgan fingerprint density at radius 3 is 2.64 bits per heavy atom. The summed E-state index contributed by atoms with van der Waals surface area (Å²) in [5, 5.41) is 19.7. The molecule has 0 radical (unpaired) electrons. The molecule has 0 fully saturated rings. The molecule has 2 atom stereocenters. The molecular weight excluding hydrogens is 280 g/mol. The quantitative estimate of drug-likeness (QED) is 0.841. The van der Waals surface area contributed by atoms with Crippen LogP contribution in [0, 0.1) is 0 Å². The van der Waals surface area contributed by atoms with Gasteiger partial charge in [-0.3, -0.25) is 9.59 Å². The number of carboxylic acid groups (broad SMARTS) is 1. The zero-order valence-corrected chi connectivity index (χ0v) is 12.5. The van der Waals surface area contributed by atoms with E-state index in [9.17, 15) is 14.7 Å². The van der Waals surface area contributed by atoms with E-state index in [-0.39, 0.29) is 5.78 Å². The molecule has 0 amide bonds. The zero-order valence-electron chi connectivity index (χ0n) is 12.5. The molecule has 114 valence electrons. The molecule has 1 aromatic carbocycles. The van der Waals surface area contributed by atoms with Crippen LogP contribution in [0.4, 0.5) is 0 Å². The number of ketones is 1. The standard InChI is InChI=1S/C18H18O4/c1-4-6-13-12(5-2)16(19)14-8-7-11(10(3)18(21)22)9-15(14)17(13)20/h4-10,17,20H,1H2,2-3H3,(H,21,22)/b12-5+,13-6?. The first-order valence-corrected chi connectivity index (χ1v) is 7.01. The molecule has 1 aliphatic carbocycles. The molecule has 0 heterocycles. The number of hydrogen-bond acceptors (Lipinski definition) is 3. The number of allylic oxidation sites excluding steroid dienone is 3. The normalized spacial score (nSPS) is 22.5. The van der Waals surface area contributed by atoms with Crippen molar-refractivity contribution in [3.8, 4) is 0 Å². The van der Waals surface area contributed by atoms with Gasteiger partial charge in [0, 0.05) is 11.1 Å². The summed E-state index contributed by atoms with van der Waals surface area (Å²) in [4.78, 5) is 23.6. The van der Waals surface area contributed by atoms with Gasteiger partial charge in [0.25, 0.3) is 0 Å². The summed E-state index contributed by atoms with van der Waals surface area (Å²) in [5.74, 6) is -1.83. The number of carbonyl (C=O) groups is 2. The van der Waals surface area contributed by atoms with E-state index in [0.717, 1.165) is 0 Å². The lowest BCUT2D eigenvalue weighted by Crippen LogP contribution is -2.22. The summed E-state index contributed by atoms with van der Waals surface area (Å²) in [6.45, 7) is 6.91. The maximum atomic E-state index is 12.5. The Morgan fingerprint density at radius 1 is 1.41 bits per heavy atom. The third kappa shape index (κ3) is 2.53. The van der Waals surface area contributed by atoms with E-state index >= 15 is 0 Å². The van der Waals surface area contributed by atoms with Crippen LogP contribution < -0.4 is 0 Å². The minimum Gasteiger partial charge on any atom is -0.481 e. The molecule has 0 saturated heterocycles. The molecule has 2 unspecified atom stereocenters. The van der Waals surface area contributed by atoms with Crippen molar-refractivity contribution in [2.75, 3.05) is 0 Å². The largest absolute Gasteiger partial charge is 0.481 e. The first kappa shape index (κ1) is 15.9. The average Bonchev–Trinajstić information content (AvgIpc) is 2.51. The zero-order chi connectivity index (χ0) is 16.4. The number of carboxylic acids is 1. The summed E-state index contributed by atoms with van der Waals surface area (Å²) in [6.07, 6.45) is 3.81. The van der Waals surface area contributed by atoms with E-state index in [4.69, 9.17) is 5.11 Å². The Labute approximate surface area is 129 Å². The molecule has 0 bridgehead atoms. The van der Waals surface area contributed by atoms with Gasteiger partial charge in [0.15, 0.2) is 5.78 Å². The van der Waals surface area contributed by atoms with Gasteiger partial charge in [-0.15, -0.1) is 0 Å². The smallest absolute Gasteiger partial charge is 0.310 e. The fourth-order valence-corrected chi connectivity index (χ4v) is 2.62. The van der Waals surface area contributed by atoms with E-state index in [1.807, 2.05) is 0 Å². The van der Waals surface area contributed by atoms with Crippen LogP contribution in [0.1, 0.15) is 47.4 Å². The summed E-state index contributed by atoms with van der Waals surface area (Å²) in [7, 11) is 0. The summed E-state index contributed by atoms with van der Waals surface area (Å²) < 4.78 is 0. The summed E-state index contributed by atoms with van der Waals surface area (Å²) in [5.41, 5.74) is 2.33. The molecule has 0 aromatic heterocycles. The lowest BCUT2D eigenvalue weighted by Gasteiger charge is -2.26. The maximum Gasteiger partial charge on any atom is 0.310 e. The lowest BCUT2D eigenvalue weighted by atomic mass is 9.79. The van der Waals surface area contributed by atoms with Crippen LogP contribution in [0.25, 0.3) is 0 Å². The fourth-order valence-electron chi connectivity index (χ4n) is 2.62. The van der Waals surface area contributed by atoms with Gasteiger partial charge in [-0.25, -0.2) is 0 Å². The van der Waals surface area contributed by atoms with Crippen LogP contribution >= 0.6 is 0 Å². The third-order valence-corrected chi connectivity index (χ3v) is 3.92. The van der Waals surface area contributed by atoms with Crippen molar-refractivity contribution in [3.63, 3.8) is 0 Å². The van der Waals surface area contributed by atoms with Crippen LogP contribution in [-0.2, 0) is 4.79 Å². The molecule has 2 rings (SSSR count). The first-order valence-electron chi connectivity index (χ1n) is 7.01. The first-order chi connectivity index (χ1) is 10.4. The fraction of sp³-hybridized carbons (Fsp3) is 0.222. The Morgan fingerprint density at radius 2 is 2.09 bits per heavy atom. The number of hydrogen-bond donors (Lipinski definition) is 2. The topological polar surface area (TPSA) is 74.6 Å². The highest BCUT2D eigenvalue weighted by atomic mass is 16.4. The second-order valence-electron chi connectivity index (χ2n) is 5.20. The van der Waals surface area contributed by atoms with Gasteiger partial charge >= 0.3 is 5.97 Å². The highest BCUT2D eigenvalue weighted by Crippen LogP contribution is 2.38. The van der Waals surface area contributed by atoms with E-state index in [1.54, 1.807) is 44.2 Å². The molecule has 22 heavy (non-hydrogen) atoms. The van der Waals surface area contributed by atoms with Gasteiger partial charge in [-0.05, 0) is 30.5 Å². The van der Waals surface area contributed by atoms with Crippen molar-refractivity contribution in [2.24, 2.45) is 0 Å². The van der Waals surface area contributed by atoms with Crippen molar-refractivity contribution in [3.05, 3.63) is 70.8 Å². The van der Waals surface area contributed by atoms with E-state index in [1.165, 1.54) is 6.08 Å². The third-order valence-electron chi connectivity index (χ3n) is 3.92. The van der Waals surface area contributed by atoms with Gasteiger partial charge in [0.2, 0.25) is 0 Å². The molecule has 0 spiro atoms. The van der Waals surface area contributed by atoms with Gasteiger partial charge in [-0.2, -0.15) is 0 Å². The van der Waals surface area contributed by atoms with Gasteiger partial charge in [0.05, 0.1) is 5.92 Å². The Balaban J connectivity index is 2.64. The molecular formula is C18H18O4. The maximum absolute atomic E-state index is 12.5. The number of carbonyl (C=O) groups excluding carboxylic acids is 1. The van der Waals surface area contributed by atoms with Crippen LogP contribution in [0.15, 0.2) is 54.2 Å². The minimum absolute atomic E-state index is 0.176. The second kappa shape index (κ2) is 6.12. The highest BCUT2D eigenvalue weighted by molar-refractivity contribution is 6.14. The number of Topliss-reactive ketones (excluding diaryl/α,β-unsaturated/α-hetero) is 1. The Hall–Kier alpha value is -2.46. The van der Waals surface area contributed by atoms with Crippen molar-refractivity contribution < 1.29 is 19.8 Å². The Bertz CT molecular complexity index is 710. The van der Waals surface area contributed by atoms with Crippen LogP contribution in [0.5, 0.6) is 0 Å². The van der Waals surface area contributed by atoms with Crippen molar-refractivity contribution >= 4 is 11.8 Å².